The number of nitrogens with zero attached hydrogens (tertiary/aromatic N) is 5. The fraction of sp³-hybridized carbons (Fsp3) is 0.538. The molecular weight excluding hydrogens is 519 g/mol. The highest BCUT2D eigenvalue weighted by molar-refractivity contribution is 5.86. The van der Waals surface area contributed by atoms with Gasteiger partial charge in [0.1, 0.15) is 17.7 Å². The zero-order valence-electron chi connectivity index (χ0n) is 21.1. The van der Waals surface area contributed by atoms with Crippen molar-refractivity contribution in [3.8, 4) is 6.07 Å². The summed E-state index contributed by atoms with van der Waals surface area (Å²) < 4.78 is 41.2. The molecule has 12 heteroatoms. The lowest BCUT2D eigenvalue weighted by molar-refractivity contribution is -0.144. The predicted octanol–water partition coefficient (Wildman–Crippen LogP) is 3.68. The van der Waals surface area contributed by atoms with Crippen molar-refractivity contribution in [2.45, 2.75) is 50.7 Å². The molecule has 38 heavy (non-hydrogen) atoms. The van der Waals surface area contributed by atoms with Crippen LogP contribution in [0.15, 0.2) is 30.3 Å². The Hall–Kier alpha value is -3.10. The Morgan fingerprint density at radius 2 is 1.79 bits per heavy atom. The summed E-state index contributed by atoms with van der Waals surface area (Å²) in [5.41, 5.74) is 7.21. The van der Waals surface area contributed by atoms with E-state index in [2.05, 4.69) is 21.4 Å². The van der Waals surface area contributed by atoms with Gasteiger partial charge in [-0.25, -0.2) is 9.97 Å². The number of benzene rings is 1. The van der Waals surface area contributed by atoms with Crippen LogP contribution in [0.5, 0.6) is 0 Å². The van der Waals surface area contributed by atoms with Crippen molar-refractivity contribution in [2.24, 2.45) is 11.7 Å². The molecular formula is C26H33ClF3N7O. The lowest BCUT2D eigenvalue weighted by Gasteiger charge is -2.34. The third-order valence-electron chi connectivity index (χ3n) is 7.11. The van der Waals surface area contributed by atoms with Crippen LogP contribution in [-0.2, 0) is 17.4 Å². The minimum atomic E-state index is -4.69. The van der Waals surface area contributed by atoms with Crippen molar-refractivity contribution in [3.05, 3.63) is 47.3 Å². The molecule has 0 bridgehead atoms. The van der Waals surface area contributed by atoms with Crippen LogP contribution in [0, 0.1) is 17.2 Å². The fourth-order valence-electron chi connectivity index (χ4n) is 5.05. The van der Waals surface area contributed by atoms with E-state index in [4.69, 9.17) is 11.0 Å². The van der Waals surface area contributed by atoms with Crippen LogP contribution >= 0.6 is 12.4 Å². The van der Waals surface area contributed by atoms with E-state index >= 15 is 0 Å². The van der Waals surface area contributed by atoms with E-state index in [9.17, 15) is 18.0 Å². The first kappa shape index (κ1) is 29.5. The van der Waals surface area contributed by atoms with Crippen molar-refractivity contribution in [1.29, 1.82) is 5.26 Å². The summed E-state index contributed by atoms with van der Waals surface area (Å²) in [6, 6.07) is 10.2. The highest BCUT2D eigenvalue weighted by Crippen LogP contribution is 2.34. The highest BCUT2D eigenvalue weighted by atomic mass is 35.5. The van der Waals surface area contributed by atoms with Gasteiger partial charge in [0.2, 0.25) is 11.7 Å². The van der Waals surface area contributed by atoms with E-state index < -0.39 is 18.0 Å². The van der Waals surface area contributed by atoms with Crippen LogP contribution in [0.3, 0.4) is 0 Å². The Bertz CT molecular complexity index is 1120. The van der Waals surface area contributed by atoms with Gasteiger partial charge in [-0.15, -0.1) is 12.4 Å². The molecule has 3 heterocycles. The summed E-state index contributed by atoms with van der Waals surface area (Å²) in [5, 5.41) is 11.8. The van der Waals surface area contributed by atoms with Gasteiger partial charge in [0, 0.05) is 32.2 Å². The molecule has 2 aliphatic heterocycles. The molecule has 4 rings (SSSR count). The monoisotopic (exact) mass is 551 g/mol. The van der Waals surface area contributed by atoms with E-state index in [0.717, 1.165) is 24.8 Å². The first-order valence-electron chi connectivity index (χ1n) is 12.7. The SMILES string of the molecule is Cl.N#Cc1ccc(CCNC(=O)C2CCCN2c2cc(N3CCC(CCN)CC3)nc(C(F)(F)F)n2)cc1. The molecule has 3 N–H and O–H groups in total. The molecule has 8 nitrogen and oxygen atoms in total. The number of alkyl halides is 3. The summed E-state index contributed by atoms with van der Waals surface area (Å²) in [7, 11) is 0. The van der Waals surface area contributed by atoms with Gasteiger partial charge in [0.05, 0.1) is 11.6 Å². The Labute approximate surface area is 226 Å². The number of nitriles is 1. The molecule has 0 saturated carbocycles. The molecule has 206 valence electrons. The number of amides is 1. The first-order valence-corrected chi connectivity index (χ1v) is 12.7. The molecule has 0 spiro atoms. The Morgan fingerprint density at radius 3 is 2.42 bits per heavy atom. The lowest BCUT2D eigenvalue weighted by Crippen LogP contribution is -2.44. The van der Waals surface area contributed by atoms with Crippen molar-refractivity contribution >= 4 is 29.9 Å². The molecule has 1 amide bonds. The normalized spacial score (nSPS) is 18.1. The standard InChI is InChI=1S/C26H32F3N7O.ClH/c27-26(28,29)25-33-22(35-14-9-19(7-11-30)10-15-35)16-23(34-25)36-13-1-2-21(36)24(37)32-12-8-18-3-5-20(17-31)6-4-18;/h3-6,16,19,21H,1-2,7-15,30H2,(H,32,37);1H. The first-order chi connectivity index (χ1) is 17.8. The second-order valence-corrected chi connectivity index (χ2v) is 9.61. The second kappa shape index (κ2) is 13.1. The smallest absolute Gasteiger partial charge is 0.356 e. The average Bonchev–Trinajstić information content (AvgIpc) is 3.39. The number of nitrogens with one attached hydrogen (secondary N) is 1. The molecule has 0 radical (unpaired) electrons. The van der Waals surface area contributed by atoms with Gasteiger partial charge in [-0.1, -0.05) is 12.1 Å². The zero-order chi connectivity index (χ0) is 26.4. The number of rotatable bonds is 8. The van der Waals surface area contributed by atoms with Crippen LogP contribution in [0.25, 0.3) is 0 Å². The molecule has 1 aromatic heterocycles. The maximum Gasteiger partial charge on any atom is 0.451 e. The lowest BCUT2D eigenvalue weighted by atomic mass is 9.94. The number of halogens is 4. The van der Waals surface area contributed by atoms with Crippen LogP contribution in [0.2, 0.25) is 0 Å². The highest BCUT2D eigenvalue weighted by Gasteiger charge is 2.38. The van der Waals surface area contributed by atoms with E-state index in [0.29, 0.717) is 63.5 Å². The summed E-state index contributed by atoms with van der Waals surface area (Å²) in [4.78, 5) is 24.2. The number of nitrogens with two attached hydrogens (primary N) is 1. The molecule has 2 aliphatic rings. The van der Waals surface area contributed by atoms with Crippen molar-refractivity contribution in [2.75, 3.05) is 42.5 Å². The minimum absolute atomic E-state index is 0. The molecule has 1 aromatic carbocycles. The summed E-state index contributed by atoms with van der Waals surface area (Å²) in [5.74, 6) is -0.569. The molecule has 2 aromatic rings. The van der Waals surface area contributed by atoms with Gasteiger partial charge < -0.3 is 20.9 Å². The van der Waals surface area contributed by atoms with Crippen LogP contribution in [0.1, 0.15) is 49.1 Å². The van der Waals surface area contributed by atoms with Crippen LogP contribution < -0.4 is 20.9 Å². The van der Waals surface area contributed by atoms with Crippen LogP contribution in [0.4, 0.5) is 24.8 Å². The van der Waals surface area contributed by atoms with E-state index in [1.807, 2.05) is 17.0 Å². The Morgan fingerprint density at radius 1 is 1.11 bits per heavy atom. The molecule has 1 unspecified atom stereocenters. The fourth-order valence-corrected chi connectivity index (χ4v) is 5.05. The van der Waals surface area contributed by atoms with Gasteiger partial charge in [-0.3, -0.25) is 4.79 Å². The topological polar surface area (TPSA) is 111 Å². The van der Waals surface area contributed by atoms with Gasteiger partial charge in [-0.05, 0) is 68.7 Å². The van der Waals surface area contributed by atoms with E-state index in [1.165, 1.54) is 0 Å². The van der Waals surface area contributed by atoms with Crippen molar-refractivity contribution in [3.63, 3.8) is 0 Å². The number of carbonyl (C=O) groups excluding carboxylic acids is 1. The number of hydrogen-bond acceptors (Lipinski definition) is 7. The maximum absolute atomic E-state index is 13.7. The quantitative estimate of drug-likeness (QED) is 0.515. The van der Waals surface area contributed by atoms with Crippen LogP contribution in [-0.4, -0.2) is 54.6 Å². The Balaban J connectivity index is 0.00000400. The number of anilines is 2. The number of carbonyl (C=O) groups is 1. The zero-order valence-corrected chi connectivity index (χ0v) is 21.9. The second-order valence-electron chi connectivity index (χ2n) is 9.61. The third kappa shape index (κ3) is 7.26. The number of aromatic nitrogens is 2. The van der Waals surface area contributed by atoms with E-state index in [-0.39, 0.29) is 29.9 Å². The van der Waals surface area contributed by atoms with Gasteiger partial charge >= 0.3 is 6.18 Å². The van der Waals surface area contributed by atoms with Crippen molar-refractivity contribution < 1.29 is 18.0 Å². The van der Waals surface area contributed by atoms with Gasteiger partial charge in [-0.2, -0.15) is 18.4 Å². The summed E-state index contributed by atoms with van der Waals surface area (Å²) in [6.45, 7) is 2.65. The van der Waals surface area contributed by atoms with E-state index in [1.54, 1.807) is 23.1 Å². The Kier molecular flexibility index (Phi) is 10.2. The largest absolute Gasteiger partial charge is 0.451 e. The number of piperidine rings is 1. The summed E-state index contributed by atoms with van der Waals surface area (Å²) in [6.07, 6.45) is -0.279. The maximum atomic E-state index is 13.7. The van der Waals surface area contributed by atoms with Gasteiger partial charge in [0.25, 0.3) is 0 Å². The van der Waals surface area contributed by atoms with Gasteiger partial charge in [0.15, 0.2) is 0 Å². The summed E-state index contributed by atoms with van der Waals surface area (Å²) >= 11 is 0. The number of hydrogen-bond donors (Lipinski definition) is 2. The molecule has 2 fully saturated rings. The third-order valence-corrected chi connectivity index (χ3v) is 7.11. The average molecular weight is 552 g/mol. The molecule has 2 saturated heterocycles. The molecule has 1 atom stereocenters. The van der Waals surface area contributed by atoms with Crippen molar-refractivity contribution in [1.82, 2.24) is 15.3 Å². The molecule has 0 aliphatic carbocycles. The predicted molar refractivity (Wildman–Crippen MR) is 141 cm³/mol. The minimum Gasteiger partial charge on any atom is -0.356 e.